The molecule has 5 atom stereocenters. The first kappa shape index (κ1) is 13.3. The van der Waals surface area contributed by atoms with Gasteiger partial charge in [0.2, 0.25) is 0 Å². The van der Waals surface area contributed by atoms with E-state index in [1.165, 1.54) is 0 Å². The van der Waals surface area contributed by atoms with Gasteiger partial charge in [-0.05, 0) is 31.1 Å². The molecule has 5 heteroatoms. The van der Waals surface area contributed by atoms with Crippen LogP contribution in [0, 0.1) is 23.2 Å². The minimum Gasteiger partial charge on any atom is -0.481 e. The number of carboxylic acid groups (broad SMARTS) is 2. The van der Waals surface area contributed by atoms with Crippen LogP contribution in [0.2, 0.25) is 0 Å². The Labute approximate surface area is 106 Å². The third-order valence-electron chi connectivity index (χ3n) is 4.56. The predicted octanol–water partition coefficient (Wildman–Crippen LogP) is 1.61. The summed E-state index contributed by atoms with van der Waals surface area (Å²) in [5.41, 5.74) is -1.17. The molecule has 0 spiro atoms. The van der Waals surface area contributed by atoms with Gasteiger partial charge in [0.25, 0.3) is 0 Å². The van der Waals surface area contributed by atoms with Crippen molar-refractivity contribution in [2.24, 2.45) is 23.2 Å². The largest absolute Gasteiger partial charge is 0.481 e. The van der Waals surface area contributed by atoms with Crippen molar-refractivity contribution in [3.63, 3.8) is 0 Å². The van der Waals surface area contributed by atoms with Gasteiger partial charge in [0.15, 0.2) is 0 Å². The highest BCUT2D eigenvalue weighted by atomic mass is 16.6. The normalized spacial score (nSPS) is 43.4. The number of carboxylic acids is 2. The highest BCUT2D eigenvalue weighted by molar-refractivity contribution is 5.84. The van der Waals surface area contributed by atoms with Gasteiger partial charge in [-0.15, -0.1) is 0 Å². The molecule has 0 aromatic carbocycles. The molecule has 2 rings (SSSR count). The molecule has 18 heavy (non-hydrogen) atoms. The molecule has 0 amide bonds. The molecule has 0 radical (unpaired) electrons. The Hall–Kier alpha value is -1.10. The topological polar surface area (TPSA) is 87.1 Å². The summed E-state index contributed by atoms with van der Waals surface area (Å²) in [6.07, 6.45) is 1.47. The second-order valence-electron chi connectivity index (χ2n) is 5.87. The standard InChI is InChI=1S/C13H20O5/c1-7-3-8(2)13(12(16)17,5-9-6-18-9)10(4-7)11(14)15/h7-10H,3-6H2,1-2H3,(H,14,15)(H,16,17). The van der Waals surface area contributed by atoms with Gasteiger partial charge < -0.3 is 14.9 Å². The summed E-state index contributed by atoms with van der Waals surface area (Å²) in [6.45, 7) is 4.41. The van der Waals surface area contributed by atoms with Crippen molar-refractivity contribution in [3.05, 3.63) is 0 Å². The maximum Gasteiger partial charge on any atom is 0.310 e. The average Bonchev–Trinajstić information content (AvgIpc) is 3.04. The van der Waals surface area contributed by atoms with E-state index in [9.17, 15) is 19.8 Å². The maximum atomic E-state index is 11.8. The second kappa shape index (κ2) is 4.53. The minimum absolute atomic E-state index is 0.0705. The number of hydrogen-bond donors (Lipinski definition) is 2. The lowest BCUT2D eigenvalue weighted by molar-refractivity contribution is -0.174. The molecule has 0 aromatic rings. The monoisotopic (exact) mass is 256 g/mol. The molecule has 2 N–H and O–H groups in total. The van der Waals surface area contributed by atoms with E-state index in [-0.39, 0.29) is 17.9 Å². The van der Waals surface area contributed by atoms with E-state index >= 15 is 0 Å². The van der Waals surface area contributed by atoms with E-state index in [1.807, 2.05) is 13.8 Å². The van der Waals surface area contributed by atoms with Gasteiger partial charge in [-0.2, -0.15) is 0 Å². The van der Waals surface area contributed by atoms with Crippen LogP contribution in [-0.4, -0.2) is 34.9 Å². The van der Waals surface area contributed by atoms with E-state index in [1.54, 1.807) is 0 Å². The molecule has 2 aliphatic rings. The highest BCUT2D eigenvalue weighted by Gasteiger charge is 2.58. The third kappa shape index (κ3) is 2.11. The van der Waals surface area contributed by atoms with Crippen molar-refractivity contribution in [2.45, 2.75) is 39.2 Å². The Bertz CT molecular complexity index is 362. The molecule has 5 unspecified atom stereocenters. The number of ether oxygens (including phenoxy) is 1. The third-order valence-corrected chi connectivity index (χ3v) is 4.56. The van der Waals surface area contributed by atoms with Crippen molar-refractivity contribution in [1.29, 1.82) is 0 Å². The van der Waals surface area contributed by atoms with Crippen molar-refractivity contribution >= 4 is 11.9 Å². The summed E-state index contributed by atoms with van der Waals surface area (Å²) < 4.78 is 5.13. The van der Waals surface area contributed by atoms with Crippen LogP contribution < -0.4 is 0 Å². The SMILES string of the molecule is CC1CC(C)C(CC2CO2)(C(=O)O)C(C(=O)O)C1. The Morgan fingerprint density at radius 1 is 1.28 bits per heavy atom. The van der Waals surface area contributed by atoms with Crippen LogP contribution in [0.15, 0.2) is 0 Å². The smallest absolute Gasteiger partial charge is 0.310 e. The van der Waals surface area contributed by atoms with E-state index in [0.717, 1.165) is 6.42 Å². The molecule has 1 aliphatic heterocycles. The molecule has 102 valence electrons. The van der Waals surface area contributed by atoms with Crippen LogP contribution in [0.4, 0.5) is 0 Å². The van der Waals surface area contributed by atoms with Gasteiger partial charge in [0, 0.05) is 0 Å². The molecule has 1 saturated heterocycles. The minimum atomic E-state index is -1.17. The fraction of sp³-hybridized carbons (Fsp3) is 0.846. The van der Waals surface area contributed by atoms with Gasteiger partial charge >= 0.3 is 11.9 Å². The van der Waals surface area contributed by atoms with Crippen molar-refractivity contribution in [1.82, 2.24) is 0 Å². The molecule has 2 fully saturated rings. The molecular formula is C13H20O5. The molecule has 1 aliphatic carbocycles. The lowest BCUT2D eigenvalue weighted by atomic mass is 9.56. The zero-order valence-corrected chi connectivity index (χ0v) is 10.8. The van der Waals surface area contributed by atoms with Crippen molar-refractivity contribution < 1.29 is 24.5 Å². The van der Waals surface area contributed by atoms with Crippen LogP contribution in [0.3, 0.4) is 0 Å². The van der Waals surface area contributed by atoms with Gasteiger partial charge in [-0.3, -0.25) is 9.59 Å². The average molecular weight is 256 g/mol. The van der Waals surface area contributed by atoms with Crippen molar-refractivity contribution in [3.8, 4) is 0 Å². The lowest BCUT2D eigenvalue weighted by Crippen LogP contribution is -2.52. The molecule has 1 saturated carbocycles. The van der Waals surface area contributed by atoms with Crippen LogP contribution in [0.25, 0.3) is 0 Å². The number of rotatable bonds is 4. The second-order valence-corrected chi connectivity index (χ2v) is 5.87. The molecule has 1 heterocycles. The van der Waals surface area contributed by atoms with E-state index in [4.69, 9.17) is 4.74 Å². The van der Waals surface area contributed by atoms with E-state index in [0.29, 0.717) is 19.4 Å². The summed E-state index contributed by atoms with van der Waals surface area (Å²) >= 11 is 0. The first-order valence-electron chi connectivity index (χ1n) is 6.45. The number of hydrogen-bond acceptors (Lipinski definition) is 3. The zero-order chi connectivity index (χ0) is 13.5. The first-order valence-corrected chi connectivity index (χ1v) is 6.45. The number of carbonyl (C=O) groups is 2. The molecular weight excluding hydrogens is 236 g/mol. The molecule has 0 bridgehead atoms. The summed E-state index contributed by atoms with van der Waals surface area (Å²) in [5, 5.41) is 19.0. The first-order chi connectivity index (χ1) is 8.37. The Morgan fingerprint density at radius 2 is 1.89 bits per heavy atom. The Balaban J connectivity index is 2.36. The van der Waals surface area contributed by atoms with Crippen molar-refractivity contribution in [2.75, 3.05) is 6.61 Å². The van der Waals surface area contributed by atoms with Gasteiger partial charge in [-0.1, -0.05) is 13.8 Å². The predicted molar refractivity (Wildman–Crippen MR) is 63.1 cm³/mol. The van der Waals surface area contributed by atoms with Gasteiger partial charge in [-0.25, -0.2) is 0 Å². The number of epoxide rings is 1. The summed E-state index contributed by atoms with van der Waals surface area (Å²) in [7, 11) is 0. The quantitative estimate of drug-likeness (QED) is 0.746. The van der Waals surface area contributed by atoms with Crippen LogP contribution >= 0.6 is 0 Å². The summed E-state index contributed by atoms with van der Waals surface area (Å²) in [6, 6.07) is 0. The lowest BCUT2D eigenvalue weighted by Gasteiger charge is -2.45. The zero-order valence-electron chi connectivity index (χ0n) is 10.8. The van der Waals surface area contributed by atoms with E-state index in [2.05, 4.69) is 0 Å². The summed E-state index contributed by atoms with van der Waals surface area (Å²) in [5.74, 6) is -2.66. The van der Waals surface area contributed by atoms with Gasteiger partial charge in [0.1, 0.15) is 0 Å². The number of aliphatic carboxylic acids is 2. The van der Waals surface area contributed by atoms with Crippen LogP contribution in [0.5, 0.6) is 0 Å². The van der Waals surface area contributed by atoms with Crippen LogP contribution in [0.1, 0.15) is 33.1 Å². The maximum absolute atomic E-state index is 11.8. The van der Waals surface area contributed by atoms with Gasteiger partial charge in [0.05, 0.1) is 24.0 Å². The Kier molecular flexibility index (Phi) is 3.36. The summed E-state index contributed by atoms with van der Waals surface area (Å²) in [4.78, 5) is 23.2. The Morgan fingerprint density at radius 3 is 2.33 bits per heavy atom. The molecule has 0 aromatic heterocycles. The fourth-order valence-corrected chi connectivity index (χ4v) is 3.54. The van der Waals surface area contributed by atoms with E-state index < -0.39 is 23.3 Å². The van der Waals surface area contributed by atoms with Crippen LogP contribution in [-0.2, 0) is 14.3 Å². The molecule has 5 nitrogen and oxygen atoms in total. The fourth-order valence-electron chi connectivity index (χ4n) is 3.54. The highest BCUT2D eigenvalue weighted by Crippen LogP contribution is 2.52.